The van der Waals surface area contributed by atoms with Gasteiger partial charge in [0.05, 0.1) is 12.6 Å². The Bertz CT molecular complexity index is 1070. The second-order valence-electron chi connectivity index (χ2n) is 7.09. The summed E-state index contributed by atoms with van der Waals surface area (Å²) in [5, 5.41) is 6.65. The average Bonchev–Trinajstić information content (AvgIpc) is 2.72. The maximum absolute atomic E-state index is 12.4. The van der Waals surface area contributed by atoms with Crippen molar-refractivity contribution in [2.75, 3.05) is 20.2 Å². The van der Waals surface area contributed by atoms with Crippen molar-refractivity contribution in [3.63, 3.8) is 0 Å². The quantitative estimate of drug-likeness (QED) is 0.576. The van der Waals surface area contributed by atoms with Crippen molar-refractivity contribution in [3.05, 3.63) is 75.1 Å². The van der Waals surface area contributed by atoms with Crippen molar-refractivity contribution in [1.29, 1.82) is 0 Å². The Morgan fingerprint density at radius 1 is 1.00 bits per heavy atom. The van der Waals surface area contributed by atoms with E-state index in [1.807, 2.05) is 56.3 Å². The predicted octanol–water partition coefficient (Wildman–Crippen LogP) is 3.24. The highest BCUT2D eigenvalue weighted by Gasteiger charge is 2.08. The van der Waals surface area contributed by atoms with Crippen LogP contribution in [0.5, 0.6) is 5.75 Å². The number of aromatic amines is 1. The van der Waals surface area contributed by atoms with E-state index in [2.05, 4.69) is 15.6 Å². The van der Waals surface area contributed by atoms with Crippen LogP contribution >= 0.6 is 0 Å². The highest BCUT2D eigenvalue weighted by atomic mass is 16.5. The number of fused-ring (bicyclic) bond motifs is 1. The lowest BCUT2D eigenvalue weighted by Crippen LogP contribution is -2.38. The standard InChI is InChI=1S/C23H27N3O3/c1-15-8-9-18-14-19(22(27)26-21(18)16(15)2)11-13-25-23(28)24-12-10-17-6-4-5-7-20(17)29-3/h4-9,14H,10-13H2,1-3H3,(H,26,27)(H2,24,25,28). The molecule has 0 bridgehead atoms. The topological polar surface area (TPSA) is 83.2 Å². The van der Waals surface area contributed by atoms with Crippen LogP contribution in [0, 0.1) is 13.8 Å². The summed E-state index contributed by atoms with van der Waals surface area (Å²) in [5.74, 6) is 0.815. The monoisotopic (exact) mass is 393 g/mol. The van der Waals surface area contributed by atoms with E-state index in [-0.39, 0.29) is 11.6 Å². The number of nitrogens with one attached hydrogen (secondary N) is 3. The first-order valence-electron chi connectivity index (χ1n) is 9.75. The summed E-state index contributed by atoms with van der Waals surface area (Å²) in [4.78, 5) is 27.4. The molecular formula is C23H27N3O3. The molecule has 29 heavy (non-hydrogen) atoms. The summed E-state index contributed by atoms with van der Waals surface area (Å²) >= 11 is 0. The molecule has 0 saturated carbocycles. The smallest absolute Gasteiger partial charge is 0.314 e. The van der Waals surface area contributed by atoms with Gasteiger partial charge >= 0.3 is 6.03 Å². The third kappa shape index (κ3) is 4.96. The zero-order valence-electron chi connectivity index (χ0n) is 17.1. The summed E-state index contributed by atoms with van der Waals surface area (Å²) in [5.41, 5.74) is 4.70. The first-order valence-corrected chi connectivity index (χ1v) is 9.75. The van der Waals surface area contributed by atoms with Gasteiger partial charge in [-0.3, -0.25) is 4.79 Å². The van der Waals surface area contributed by atoms with E-state index in [4.69, 9.17) is 4.74 Å². The Morgan fingerprint density at radius 2 is 1.69 bits per heavy atom. The van der Waals surface area contributed by atoms with Crippen molar-refractivity contribution in [3.8, 4) is 5.75 Å². The normalized spacial score (nSPS) is 10.7. The Balaban J connectivity index is 1.51. The molecule has 0 unspecified atom stereocenters. The molecule has 2 aromatic carbocycles. The van der Waals surface area contributed by atoms with Crippen LogP contribution in [0.15, 0.2) is 47.3 Å². The van der Waals surface area contributed by atoms with Gasteiger partial charge in [0.15, 0.2) is 0 Å². The third-order valence-corrected chi connectivity index (χ3v) is 5.18. The zero-order chi connectivity index (χ0) is 20.8. The molecule has 3 aromatic rings. The number of carbonyl (C=O) groups is 1. The van der Waals surface area contributed by atoms with Crippen LogP contribution in [0.2, 0.25) is 0 Å². The van der Waals surface area contributed by atoms with Crippen LogP contribution in [0.4, 0.5) is 4.79 Å². The van der Waals surface area contributed by atoms with E-state index < -0.39 is 0 Å². The number of amides is 2. The molecule has 6 heteroatoms. The first-order chi connectivity index (χ1) is 14.0. The number of para-hydroxylation sites is 1. The molecule has 0 aliphatic rings. The van der Waals surface area contributed by atoms with E-state index in [9.17, 15) is 9.59 Å². The Morgan fingerprint density at radius 3 is 2.41 bits per heavy atom. The number of urea groups is 1. The number of pyridine rings is 1. The van der Waals surface area contributed by atoms with Crippen LogP contribution in [-0.4, -0.2) is 31.2 Å². The van der Waals surface area contributed by atoms with Gasteiger partial charge in [-0.15, -0.1) is 0 Å². The predicted molar refractivity (Wildman–Crippen MR) is 116 cm³/mol. The number of hydrogen-bond donors (Lipinski definition) is 3. The van der Waals surface area contributed by atoms with Crippen molar-refractivity contribution < 1.29 is 9.53 Å². The second kappa shape index (κ2) is 9.28. The minimum absolute atomic E-state index is 0.107. The largest absolute Gasteiger partial charge is 0.496 e. The Hall–Kier alpha value is -3.28. The van der Waals surface area contributed by atoms with Crippen molar-refractivity contribution >= 4 is 16.9 Å². The first kappa shape index (κ1) is 20.5. The van der Waals surface area contributed by atoms with E-state index >= 15 is 0 Å². The number of methoxy groups -OCH3 is 1. The summed E-state index contributed by atoms with van der Waals surface area (Å²) in [6.07, 6.45) is 1.15. The fourth-order valence-corrected chi connectivity index (χ4v) is 3.35. The number of ether oxygens (including phenoxy) is 1. The Labute approximate surface area is 170 Å². The molecule has 0 aliphatic carbocycles. The average molecular weight is 393 g/mol. The summed E-state index contributed by atoms with van der Waals surface area (Å²) in [7, 11) is 1.63. The maximum atomic E-state index is 12.4. The molecule has 1 aromatic heterocycles. The summed E-state index contributed by atoms with van der Waals surface area (Å²) in [6, 6.07) is 13.5. The third-order valence-electron chi connectivity index (χ3n) is 5.18. The van der Waals surface area contributed by atoms with Gasteiger partial charge in [0.2, 0.25) is 0 Å². The SMILES string of the molecule is COc1ccccc1CCNC(=O)NCCc1cc2ccc(C)c(C)c2[nH]c1=O. The number of carbonyl (C=O) groups excluding carboxylic acids is 1. The van der Waals surface area contributed by atoms with Crippen LogP contribution in [-0.2, 0) is 12.8 Å². The van der Waals surface area contributed by atoms with Gasteiger partial charge in [-0.05, 0) is 60.9 Å². The number of rotatable bonds is 7. The highest BCUT2D eigenvalue weighted by molar-refractivity contribution is 5.83. The number of benzene rings is 2. The van der Waals surface area contributed by atoms with Gasteiger partial charge in [0.25, 0.3) is 5.56 Å². The molecule has 0 saturated heterocycles. The molecular weight excluding hydrogens is 366 g/mol. The van der Waals surface area contributed by atoms with Crippen LogP contribution in [0.25, 0.3) is 10.9 Å². The maximum Gasteiger partial charge on any atom is 0.314 e. The molecule has 0 aliphatic heterocycles. The van der Waals surface area contributed by atoms with Crippen LogP contribution in [0.3, 0.4) is 0 Å². The fourth-order valence-electron chi connectivity index (χ4n) is 3.35. The summed E-state index contributed by atoms with van der Waals surface area (Å²) in [6.45, 7) is 4.92. The van der Waals surface area contributed by atoms with E-state index in [1.54, 1.807) is 7.11 Å². The lowest BCUT2D eigenvalue weighted by molar-refractivity contribution is 0.241. The lowest BCUT2D eigenvalue weighted by atomic mass is 10.0. The minimum Gasteiger partial charge on any atom is -0.496 e. The molecule has 0 atom stereocenters. The van der Waals surface area contributed by atoms with E-state index in [0.717, 1.165) is 33.3 Å². The number of hydrogen-bond acceptors (Lipinski definition) is 3. The number of aryl methyl sites for hydroxylation is 2. The lowest BCUT2D eigenvalue weighted by Gasteiger charge is -2.10. The van der Waals surface area contributed by atoms with E-state index in [1.165, 1.54) is 0 Å². The molecule has 1 heterocycles. The fraction of sp³-hybridized carbons (Fsp3) is 0.304. The molecule has 0 radical (unpaired) electrons. The highest BCUT2D eigenvalue weighted by Crippen LogP contribution is 2.19. The Kier molecular flexibility index (Phi) is 6.54. The molecule has 6 nitrogen and oxygen atoms in total. The molecule has 2 amide bonds. The van der Waals surface area contributed by atoms with Gasteiger partial charge in [0, 0.05) is 18.7 Å². The molecule has 3 N–H and O–H groups in total. The van der Waals surface area contributed by atoms with Crippen LogP contribution < -0.4 is 20.9 Å². The summed E-state index contributed by atoms with van der Waals surface area (Å²) < 4.78 is 5.31. The van der Waals surface area contributed by atoms with Crippen molar-refractivity contribution in [2.45, 2.75) is 26.7 Å². The molecule has 0 spiro atoms. The van der Waals surface area contributed by atoms with Gasteiger partial charge in [-0.25, -0.2) is 4.79 Å². The second-order valence-corrected chi connectivity index (χ2v) is 7.09. The minimum atomic E-state index is -0.247. The molecule has 3 rings (SSSR count). The van der Waals surface area contributed by atoms with Gasteiger partial charge in [0.1, 0.15) is 5.75 Å². The van der Waals surface area contributed by atoms with Gasteiger partial charge in [-0.1, -0.05) is 30.3 Å². The van der Waals surface area contributed by atoms with Gasteiger partial charge in [-0.2, -0.15) is 0 Å². The van der Waals surface area contributed by atoms with E-state index in [0.29, 0.717) is 31.5 Å². The number of aromatic nitrogens is 1. The van der Waals surface area contributed by atoms with Crippen LogP contribution in [0.1, 0.15) is 22.3 Å². The zero-order valence-corrected chi connectivity index (χ0v) is 17.1. The van der Waals surface area contributed by atoms with Crippen molar-refractivity contribution in [2.24, 2.45) is 0 Å². The molecule has 0 fully saturated rings. The van der Waals surface area contributed by atoms with Crippen molar-refractivity contribution in [1.82, 2.24) is 15.6 Å². The number of H-pyrrole nitrogens is 1. The molecule has 152 valence electrons. The van der Waals surface area contributed by atoms with Gasteiger partial charge < -0.3 is 20.4 Å².